The number of hydrogen-bond donors (Lipinski definition) is 1. The van der Waals surface area contributed by atoms with Gasteiger partial charge in [0, 0.05) is 30.4 Å². The Bertz CT molecular complexity index is 836. The van der Waals surface area contributed by atoms with Gasteiger partial charge in [-0.05, 0) is 18.2 Å². The highest BCUT2D eigenvalue weighted by molar-refractivity contribution is 5.67. The van der Waals surface area contributed by atoms with Crippen molar-refractivity contribution >= 4 is 11.5 Å². The molecular weight excluding hydrogens is 260 g/mol. The van der Waals surface area contributed by atoms with E-state index >= 15 is 0 Å². The molecule has 3 rings (SSSR count). The zero-order valence-corrected chi connectivity index (χ0v) is 10.3. The second-order valence-corrected chi connectivity index (χ2v) is 4.23. The van der Waals surface area contributed by atoms with Crippen LogP contribution in [-0.4, -0.2) is 30.2 Å². The molecule has 0 atom stereocenters. The fourth-order valence-corrected chi connectivity index (χ4v) is 1.95. The summed E-state index contributed by atoms with van der Waals surface area (Å²) in [5, 5.41) is 13.0. The molecule has 0 amide bonds. The number of hydrogen-bond acceptors (Lipinski definition) is 4. The maximum absolute atomic E-state index is 12.1. The van der Waals surface area contributed by atoms with Crippen molar-refractivity contribution in [2.75, 3.05) is 0 Å². The molecule has 3 heterocycles. The molecule has 0 bridgehead atoms. The maximum Gasteiger partial charge on any atom is 0.323 e. The van der Waals surface area contributed by atoms with Crippen molar-refractivity contribution in [3.63, 3.8) is 0 Å². The lowest BCUT2D eigenvalue weighted by Crippen LogP contribution is -2.24. The summed E-state index contributed by atoms with van der Waals surface area (Å²) in [6.07, 6.45) is 6.26. The Hall–Kier alpha value is -2.96. The summed E-state index contributed by atoms with van der Waals surface area (Å²) >= 11 is 0. The van der Waals surface area contributed by atoms with Crippen LogP contribution in [0.4, 0.5) is 0 Å². The number of aromatic nitrogens is 4. The van der Waals surface area contributed by atoms with E-state index in [1.54, 1.807) is 30.7 Å². The van der Waals surface area contributed by atoms with Crippen LogP contribution < -0.4 is 5.56 Å². The Morgan fingerprint density at radius 3 is 2.90 bits per heavy atom. The van der Waals surface area contributed by atoms with Gasteiger partial charge in [-0.3, -0.25) is 14.6 Å². The molecule has 3 aromatic heterocycles. The van der Waals surface area contributed by atoms with Gasteiger partial charge in [0.25, 0.3) is 5.56 Å². The summed E-state index contributed by atoms with van der Waals surface area (Å²) in [5.41, 5.74) is 1.34. The van der Waals surface area contributed by atoms with Crippen molar-refractivity contribution in [1.29, 1.82) is 0 Å². The second-order valence-electron chi connectivity index (χ2n) is 4.23. The molecule has 0 aromatic carbocycles. The fraction of sp³-hybridized carbons (Fsp3) is 0.0769. The van der Waals surface area contributed by atoms with Crippen molar-refractivity contribution in [3.8, 4) is 11.3 Å². The monoisotopic (exact) mass is 270 g/mol. The fourth-order valence-electron chi connectivity index (χ4n) is 1.95. The van der Waals surface area contributed by atoms with E-state index in [1.807, 2.05) is 6.07 Å². The van der Waals surface area contributed by atoms with E-state index in [-0.39, 0.29) is 6.54 Å². The molecule has 0 unspecified atom stereocenters. The number of carboxylic acids is 1. The molecular formula is C13H10N4O3. The number of carbonyl (C=O) groups is 1. The molecule has 0 saturated heterocycles. The molecule has 1 N–H and O–H groups in total. The normalized spacial score (nSPS) is 10.8. The Morgan fingerprint density at radius 1 is 1.35 bits per heavy atom. The first-order valence-electron chi connectivity index (χ1n) is 5.86. The molecule has 0 saturated carbocycles. The molecule has 0 fully saturated rings. The molecule has 0 aliphatic heterocycles. The highest BCUT2D eigenvalue weighted by Gasteiger charge is 2.10. The van der Waals surface area contributed by atoms with Gasteiger partial charge in [-0.15, -0.1) is 0 Å². The third-order valence-corrected chi connectivity index (χ3v) is 2.87. The lowest BCUT2D eigenvalue weighted by Gasteiger charge is -2.01. The minimum atomic E-state index is -1.07. The number of rotatable bonds is 3. The first-order chi connectivity index (χ1) is 9.65. The number of aliphatic carboxylic acids is 1. The van der Waals surface area contributed by atoms with Gasteiger partial charge in [-0.2, -0.15) is 5.10 Å². The van der Waals surface area contributed by atoms with Crippen molar-refractivity contribution < 1.29 is 9.90 Å². The van der Waals surface area contributed by atoms with Crippen LogP contribution in [0.5, 0.6) is 0 Å². The topological polar surface area (TPSA) is 89.5 Å². The van der Waals surface area contributed by atoms with E-state index in [0.717, 1.165) is 10.1 Å². The van der Waals surface area contributed by atoms with Crippen LogP contribution in [0.25, 0.3) is 16.8 Å². The predicted octanol–water partition coefficient (Wildman–Crippen LogP) is 0.643. The molecule has 7 nitrogen and oxygen atoms in total. The molecule has 3 aromatic rings. The average Bonchev–Trinajstić information content (AvgIpc) is 2.87. The summed E-state index contributed by atoms with van der Waals surface area (Å²) in [6, 6.07) is 5.24. The molecule has 0 radical (unpaired) electrons. The SMILES string of the molecule is O=C(O)Cn1ccn2nc(-c3cccnc3)cc2c1=O. The highest BCUT2D eigenvalue weighted by Crippen LogP contribution is 2.16. The van der Waals surface area contributed by atoms with E-state index in [4.69, 9.17) is 5.11 Å². The average molecular weight is 270 g/mol. The maximum atomic E-state index is 12.1. The molecule has 0 aliphatic carbocycles. The smallest absolute Gasteiger partial charge is 0.323 e. The van der Waals surface area contributed by atoms with Crippen LogP contribution in [0.2, 0.25) is 0 Å². The largest absolute Gasteiger partial charge is 0.480 e. The Morgan fingerprint density at radius 2 is 2.20 bits per heavy atom. The molecule has 0 aliphatic rings. The van der Waals surface area contributed by atoms with Gasteiger partial charge in [0.05, 0.1) is 5.69 Å². The Balaban J connectivity index is 2.15. The van der Waals surface area contributed by atoms with E-state index in [1.165, 1.54) is 10.7 Å². The van der Waals surface area contributed by atoms with Crippen LogP contribution in [0.3, 0.4) is 0 Å². The highest BCUT2D eigenvalue weighted by atomic mass is 16.4. The van der Waals surface area contributed by atoms with Crippen LogP contribution in [0.1, 0.15) is 0 Å². The zero-order valence-electron chi connectivity index (χ0n) is 10.3. The van der Waals surface area contributed by atoms with Crippen LogP contribution in [-0.2, 0) is 11.3 Å². The van der Waals surface area contributed by atoms with Gasteiger partial charge in [-0.25, -0.2) is 4.52 Å². The second kappa shape index (κ2) is 4.61. The first kappa shape index (κ1) is 12.1. The predicted molar refractivity (Wildman–Crippen MR) is 70.3 cm³/mol. The Labute approximate surface area is 112 Å². The van der Waals surface area contributed by atoms with Gasteiger partial charge in [0.1, 0.15) is 12.1 Å². The molecule has 100 valence electrons. The first-order valence-corrected chi connectivity index (χ1v) is 5.86. The number of nitrogens with zero attached hydrogens (tertiary/aromatic N) is 4. The van der Waals surface area contributed by atoms with E-state index in [2.05, 4.69) is 10.1 Å². The summed E-state index contributed by atoms with van der Waals surface area (Å²) in [7, 11) is 0. The number of carboxylic acid groups (broad SMARTS) is 1. The summed E-state index contributed by atoms with van der Waals surface area (Å²) in [6.45, 7) is -0.372. The zero-order chi connectivity index (χ0) is 14.1. The minimum absolute atomic E-state index is 0.326. The van der Waals surface area contributed by atoms with Gasteiger partial charge < -0.3 is 9.67 Å². The van der Waals surface area contributed by atoms with Crippen LogP contribution >= 0.6 is 0 Å². The van der Waals surface area contributed by atoms with Crippen molar-refractivity contribution in [2.24, 2.45) is 0 Å². The van der Waals surface area contributed by atoms with E-state index in [9.17, 15) is 9.59 Å². The summed E-state index contributed by atoms with van der Waals surface area (Å²) in [5.74, 6) is -1.07. The molecule has 7 heteroatoms. The summed E-state index contributed by atoms with van der Waals surface area (Å²) < 4.78 is 2.56. The third kappa shape index (κ3) is 2.05. The quantitative estimate of drug-likeness (QED) is 0.754. The van der Waals surface area contributed by atoms with Gasteiger partial charge >= 0.3 is 5.97 Å². The minimum Gasteiger partial charge on any atom is -0.480 e. The summed E-state index contributed by atoms with van der Waals surface area (Å²) in [4.78, 5) is 26.8. The van der Waals surface area contributed by atoms with Gasteiger partial charge in [-0.1, -0.05) is 0 Å². The van der Waals surface area contributed by atoms with Gasteiger partial charge in [0.2, 0.25) is 0 Å². The standard InChI is InChI=1S/C13H10N4O3/c18-12(19)8-16-4-5-17-11(13(16)20)6-10(15-17)9-2-1-3-14-7-9/h1-7H,8H2,(H,18,19). The molecule has 20 heavy (non-hydrogen) atoms. The number of pyridine rings is 1. The van der Waals surface area contributed by atoms with Crippen molar-refractivity contribution in [2.45, 2.75) is 6.54 Å². The van der Waals surface area contributed by atoms with Crippen molar-refractivity contribution in [3.05, 3.63) is 53.3 Å². The molecule has 0 spiro atoms. The lowest BCUT2D eigenvalue weighted by molar-refractivity contribution is -0.137. The van der Waals surface area contributed by atoms with E-state index < -0.39 is 11.5 Å². The number of fused-ring (bicyclic) bond motifs is 1. The van der Waals surface area contributed by atoms with Crippen LogP contribution in [0.15, 0.2) is 47.8 Å². The third-order valence-electron chi connectivity index (χ3n) is 2.87. The van der Waals surface area contributed by atoms with Crippen LogP contribution in [0, 0.1) is 0 Å². The van der Waals surface area contributed by atoms with Gasteiger partial charge in [0.15, 0.2) is 0 Å². The Kier molecular flexibility index (Phi) is 2.79. The lowest BCUT2D eigenvalue weighted by atomic mass is 10.2. The van der Waals surface area contributed by atoms with Crippen molar-refractivity contribution in [1.82, 2.24) is 19.2 Å². The van der Waals surface area contributed by atoms with E-state index in [0.29, 0.717) is 11.2 Å².